The maximum atomic E-state index is 13.6. The molecule has 8 heteroatoms. The smallest absolute Gasteiger partial charge is 0.256 e. The van der Waals surface area contributed by atoms with Crippen molar-refractivity contribution in [2.24, 2.45) is 0 Å². The van der Waals surface area contributed by atoms with E-state index in [1.54, 1.807) is 16.3 Å². The van der Waals surface area contributed by atoms with Crippen LogP contribution in [0.5, 0.6) is 0 Å². The fraction of sp³-hybridized carbons (Fsp3) is 0.452. The average molecular weight is 550 g/mol. The number of hydrogen-bond donors (Lipinski definition) is 1. The molecule has 0 spiro atoms. The molecule has 2 heterocycles. The van der Waals surface area contributed by atoms with E-state index in [0.29, 0.717) is 19.6 Å². The molecule has 0 saturated heterocycles. The van der Waals surface area contributed by atoms with E-state index in [4.69, 9.17) is 4.98 Å². The fourth-order valence-corrected chi connectivity index (χ4v) is 5.59. The second-order valence-corrected chi connectivity index (χ2v) is 10.8. The number of hydrazine groups is 1. The van der Waals surface area contributed by atoms with Crippen LogP contribution in [0.2, 0.25) is 0 Å². The van der Waals surface area contributed by atoms with Gasteiger partial charge in [-0.2, -0.15) is 0 Å². The van der Waals surface area contributed by atoms with Crippen LogP contribution in [0, 0.1) is 6.92 Å². The molecule has 210 valence electrons. The molecule has 3 aromatic rings. The third kappa shape index (κ3) is 7.67. The number of nitrogens with one attached hydrogen (secondary N) is 1. The third-order valence-electron chi connectivity index (χ3n) is 7.08. The molecule has 0 bridgehead atoms. The molecule has 4 rings (SSSR count). The van der Waals surface area contributed by atoms with Gasteiger partial charge < -0.3 is 10.2 Å². The maximum absolute atomic E-state index is 13.6. The van der Waals surface area contributed by atoms with Crippen LogP contribution in [0.25, 0.3) is 10.6 Å². The lowest BCUT2D eigenvalue weighted by Gasteiger charge is -2.32. The quantitative estimate of drug-likeness (QED) is 0.289. The van der Waals surface area contributed by atoms with Crippen LogP contribution < -0.4 is 10.2 Å². The first-order chi connectivity index (χ1) is 18.4. The number of rotatable bonds is 12. The van der Waals surface area contributed by atoms with Gasteiger partial charge in [0.25, 0.3) is 5.91 Å². The Morgan fingerprint density at radius 2 is 1.77 bits per heavy atom. The minimum Gasteiger partial charge on any atom is -0.355 e. The van der Waals surface area contributed by atoms with Crippen LogP contribution in [0.1, 0.15) is 62.9 Å². The summed E-state index contributed by atoms with van der Waals surface area (Å²) in [6, 6.07) is 14.5. The Hall–Kier alpha value is -3.23. The minimum absolute atomic E-state index is 0. The van der Waals surface area contributed by atoms with Gasteiger partial charge in [0.15, 0.2) is 0 Å². The van der Waals surface area contributed by atoms with Crippen molar-refractivity contribution in [3.63, 3.8) is 0 Å². The van der Waals surface area contributed by atoms with Crippen molar-refractivity contribution in [2.75, 3.05) is 31.6 Å². The van der Waals surface area contributed by atoms with Gasteiger partial charge in [-0.15, -0.1) is 11.3 Å². The predicted octanol–water partition coefficient (Wildman–Crippen LogP) is 5.82. The van der Waals surface area contributed by atoms with Crippen LogP contribution in [0.3, 0.4) is 0 Å². The average Bonchev–Trinajstić information content (AvgIpc) is 3.58. The molecule has 2 aromatic carbocycles. The number of hydrogen-bond acceptors (Lipinski definition) is 6. The molecule has 39 heavy (non-hydrogen) atoms. The van der Waals surface area contributed by atoms with Gasteiger partial charge in [-0.3, -0.25) is 14.6 Å². The van der Waals surface area contributed by atoms with Gasteiger partial charge in [-0.25, -0.2) is 9.99 Å². The van der Waals surface area contributed by atoms with Gasteiger partial charge in [0, 0.05) is 43.3 Å². The molecule has 1 aliphatic rings. The molecule has 1 aromatic heterocycles. The number of anilines is 1. The van der Waals surface area contributed by atoms with E-state index >= 15 is 0 Å². The zero-order valence-corrected chi connectivity index (χ0v) is 23.8. The van der Waals surface area contributed by atoms with E-state index < -0.39 is 0 Å². The summed E-state index contributed by atoms with van der Waals surface area (Å²) in [5.74, 6) is -0.124. The summed E-state index contributed by atoms with van der Waals surface area (Å²) in [7, 11) is 1.82. The number of nitrogens with zero attached hydrogens (tertiary/aromatic N) is 4. The Balaban J connectivity index is 0.00000420. The number of amides is 2. The number of carbonyl (C=O) groups is 2. The van der Waals surface area contributed by atoms with Gasteiger partial charge in [0.05, 0.1) is 18.8 Å². The zero-order chi connectivity index (χ0) is 27.1. The van der Waals surface area contributed by atoms with E-state index in [1.807, 2.05) is 31.0 Å². The molecule has 0 aliphatic carbocycles. The van der Waals surface area contributed by atoms with Gasteiger partial charge in [0.2, 0.25) is 5.91 Å². The summed E-state index contributed by atoms with van der Waals surface area (Å²) in [6.07, 6.45) is 4.03. The molecule has 1 N–H and O–H groups in total. The highest BCUT2D eigenvalue weighted by Crippen LogP contribution is 2.30. The Morgan fingerprint density at radius 3 is 2.41 bits per heavy atom. The molecule has 0 fully saturated rings. The molecule has 7 nitrogen and oxygen atoms in total. The fourth-order valence-electron chi connectivity index (χ4n) is 4.69. The lowest BCUT2D eigenvalue weighted by Crippen LogP contribution is -2.48. The Bertz CT molecular complexity index is 1230. The maximum Gasteiger partial charge on any atom is 0.256 e. The summed E-state index contributed by atoms with van der Waals surface area (Å²) >= 11 is 1.62. The van der Waals surface area contributed by atoms with Gasteiger partial charge in [-0.05, 0) is 42.5 Å². The van der Waals surface area contributed by atoms with E-state index in [-0.39, 0.29) is 32.3 Å². The number of aromatic nitrogens is 1. The molecule has 0 radical (unpaired) electrons. The second-order valence-electron chi connectivity index (χ2n) is 9.92. The van der Waals surface area contributed by atoms with Crippen molar-refractivity contribution >= 4 is 28.8 Å². The topological polar surface area (TPSA) is 68.8 Å². The van der Waals surface area contributed by atoms with Crippen LogP contribution in [0.4, 0.5) is 5.69 Å². The van der Waals surface area contributed by atoms with E-state index in [1.165, 1.54) is 11.1 Å². The number of thiazole rings is 1. The normalized spacial score (nSPS) is 12.5. The van der Waals surface area contributed by atoms with Crippen LogP contribution >= 0.6 is 11.3 Å². The number of benzene rings is 2. The minimum atomic E-state index is -0.0718. The SMILES string of the molecule is C.CCCCCNC(=O)CN(CC(=O)N(C)N1Cc2ccccc2C1)c1cc(-c2nc(CC)cs2)ccc1C. The van der Waals surface area contributed by atoms with E-state index in [0.717, 1.165) is 53.2 Å². The largest absolute Gasteiger partial charge is 0.355 e. The summed E-state index contributed by atoms with van der Waals surface area (Å²) in [5, 5.41) is 9.84. The van der Waals surface area contributed by atoms with Gasteiger partial charge >= 0.3 is 0 Å². The van der Waals surface area contributed by atoms with Crippen LogP contribution in [-0.4, -0.2) is 53.5 Å². The molecule has 0 unspecified atom stereocenters. The number of fused-ring (bicyclic) bond motifs is 1. The van der Waals surface area contributed by atoms with Crippen molar-refractivity contribution in [1.29, 1.82) is 0 Å². The standard InChI is InChI=1S/C30H39N5O2S.CH4/c1-5-7-10-15-31-28(36)19-34(20-29(37)33(4)35-17-24-11-8-9-12-25(24)18-35)27-16-23(14-13-22(27)3)30-32-26(6-2)21-38-30;/h8-9,11-14,16,21H,5-7,10,15,17-20H2,1-4H3,(H,31,36);1H4. The van der Waals surface area contributed by atoms with Crippen molar-refractivity contribution in [3.8, 4) is 10.6 Å². The Kier molecular flexibility index (Phi) is 11.1. The number of carbonyl (C=O) groups excluding carboxylic acids is 2. The van der Waals surface area contributed by atoms with E-state index in [9.17, 15) is 9.59 Å². The van der Waals surface area contributed by atoms with Crippen molar-refractivity contribution < 1.29 is 9.59 Å². The number of aryl methyl sites for hydroxylation is 2. The molecule has 0 saturated carbocycles. The predicted molar refractivity (Wildman–Crippen MR) is 162 cm³/mol. The van der Waals surface area contributed by atoms with E-state index in [2.05, 4.69) is 59.9 Å². The highest BCUT2D eigenvalue weighted by Gasteiger charge is 2.27. The zero-order valence-electron chi connectivity index (χ0n) is 23.0. The van der Waals surface area contributed by atoms with Crippen molar-refractivity contribution in [1.82, 2.24) is 20.3 Å². The molecule has 2 amide bonds. The number of likely N-dealkylation sites (N-methyl/N-ethyl adjacent to an activating group) is 1. The van der Waals surface area contributed by atoms with Gasteiger partial charge in [-0.1, -0.05) is 70.5 Å². The molecular weight excluding hydrogens is 506 g/mol. The van der Waals surface area contributed by atoms with Crippen LogP contribution in [0.15, 0.2) is 47.8 Å². The van der Waals surface area contributed by atoms with Crippen molar-refractivity contribution in [2.45, 2.75) is 67.0 Å². The highest BCUT2D eigenvalue weighted by molar-refractivity contribution is 7.13. The summed E-state index contributed by atoms with van der Waals surface area (Å²) in [6.45, 7) is 8.55. The highest BCUT2D eigenvalue weighted by atomic mass is 32.1. The number of unbranched alkanes of at least 4 members (excludes halogenated alkanes) is 2. The summed E-state index contributed by atoms with van der Waals surface area (Å²) in [5.41, 5.74) is 6.45. The lowest BCUT2D eigenvalue weighted by molar-refractivity contribution is -0.145. The Morgan fingerprint density at radius 1 is 1.05 bits per heavy atom. The Labute approximate surface area is 237 Å². The second kappa shape index (κ2) is 14.2. The summed E-state index contributed by atoms with van der Waals surface area (Å²) in [4.78, 5) is 33.2. The van der Waals surface area contributed by atoms with Crippen molar-refractivity contribution in [3.05, 3.63) is 70.2 Å². The monoisotopic (exact) mass is 549 g/mol. The first kappa shape index (κ1) is 30.3. The molecular formula is C31H43N5O2S. The third-order valence-corrected chi connectivity index (χ3v) is 8.02. The lowest BCUT2D eigenvalue weighted by atomic mass is 10.1. The van der Waals surface area contributed by atoms with Crippen LogP contribution in [-0.2, 0) is 29.1 Å². The van der Waals surface area contributed by atoms with Gasteiger partial charge in [0.1, 0.15) is 5.01 Å². The first-order valence-corrected chi connectivity index (χ1v) is 14.4. The molecule has 0 atom stereocenters. The summed E-state index contributed by atoms with van der Waals surface area (Å²) < 4.78 is 0. The molecule has 1 aliphatic heterocycles. The first-order valence-electron chi connectivity index (χ1n) is 13.5.